The number of nitrogens with two attached hydrogens (primary N) is 2. The first kappa shape index (κ1) is 8.38. The molecule has 13 heavy (non-hydrogen) atoms. The van der Waals surface area contributed by atoms with E-state index in [1.807, 2.05) is 6.07 Å². The van der Waals surface area contributed by atoms with E-state index in [9.17, 15) is 5.11 Å². The fourth-order valence-electron chi connectivity index (χ4n) is 1.51. The van der Waals surface area contributed by atoms with Crippen LogP contribution in [0.3, 0.4) is 0 Å². The predicted octanol–water partition coefficient (Wildman–Crippen LogP) is 1.38. The zero-order chi connectivity index (χ0) is 9.42. The number of nitrogen functional groups attached to an aromatic ring is 1. The molecular weight excluding hydrogens is 164 g/mol. The van der Waals surface area contributed by atoms with Crippen molar-refractivity contribution in [2.75, 3.05) is 5.73 Å². The topological polar surface area (TPSA) is 72.3 Å². The minimum Gasteiger partial charge on any atom is -0.506 e. The van der Waals surface area contributed by atoms with Crippen LogP contribution in [-0.2, 0) is 0 Å². The molecule has 1 aromatic carbocycles. The molecule has 0 heterocycles. The minimum absolute atomic E-state index is 0.0860. The molecule has 0 amide bonds. The highest BCUT2D eigenvalue weighted by molar-refractivity contribution is 5.53. The predicted molar refractivity (Wildman–Crippen MR) is 52.2 cm³/mol. The number of rotatable bonds is 2. The third kappa shape index (κ3) is 1.60. The SMILES string of the molecule is Nc1cc([C@H](N)C2CC2)ccc1O. The molecule has 0 unspecified atom stereocenters. The van der Waals surface area contributed by atoms with E-state index in [0.717, 1.165) is 5.56 Å². The minimum atomic E-state index is 0.0860. The Morgan fingerprint density at radius 2 is 2.08 bits per heavy atom. The first-order valence-electron chi connectivity index (χ1n) is 4.52. The third-order valence-corrected chi connectivity index (χ3v) is 2.57. The normalized spacial score (nSPS) is 18.5. The van der Waals surface area contributed by atoms with Crippen molar-refractivity contribution in [3.05, 3.63) is 23.8 Å². The van der Waals surface area contributed by atoms with Crippen LogP contribution in [0.1, 0.15) is 24.4 Å². The molecule has 3 nitrogen and oxygen atoms in total. The highest BCUT2D eigenvalue weighted by Crippen LogP contribution is 2.40. The van der Waals surface area contributed by atoms with Crippen molar-refractivity contribution in [1.29, 1.82) is 0 Å². The van der Waals surface area contributed by atoms with Crippen LogP contribution < -0.4 is 11.5 Å². The van der Waals surface area contributed by atoms with Gasteiger partial charge in [-0.3, -0.25) is 0 Å². The fourth-order valence-corrected chi connectivity index (χ4v) is 1.51. The van der Waals surface area contributed by atoms with Gasteiger partial charge in [0.1, 0.15) is 5.75 Å². The molecule has 0 aliphatic heterocycles. The van der Waals surface area contributed by atoms with Crippen molar-refractivity contribution < 1.29 is 5.11 Å². The summed E-state index contributed by atoms with van der Waals surface area (Å²) in [6.07, 6.45) is 2.42. The molecule has 1 aliphatic carbocycles. The zero-order valence-corrected chi connectivity index (χ0v) is 7.40. The lowest BCUT2D eigenvalue weighted by Crippen LogP contribution is -2.12. The lowest BCUT2D eigenvalue weighted by Gasteiger charge is -2.11. The van der Waals surface area contributed by atoms with Crippen LogP contribution in [0.25, 0.3) is 0 Å². The molecule has 70 valence electrons. The fraction of sp³-hybridized carbons (Fsp3) is 0.400. The Morgan fingerprint density at radius 1 is 1.38 bits per heavy atom. The van der Waals surface area contributed by atoms with E-state index in [-0.39, 0.29) is 11.8 Å². The Morgan fingerprint density at radius 3 is 2.62 bits per heavy atom. The number of phenolic OH excluding ortho intramolecular Hbond substituents is 1. The maximum absolute atomic E-state index is 9.21. The molecule has 3 heteroatoms. The van der Waals surface area contributed by atoms with Crippen molar-refractivity contribution in [3.8, 4) is 5.75 Å². The van der Waals surface area contributed by atoms with Crippen LogP contribution >= 0.6 is 0 Å². The van der Waals surface area contributed by atoms with Crippen LogP contribution in [0.2, 0.25) is 0 Å². The molecular formula is C10H14N2O. The number of benzene rings is 1. The van der Waals surface area contributed by atoms with Crippen LogP contribution in [0.15, 0.2) is 18.2 Å². The lowest BCUT2D eigenvalue weighted by atomic mass is 10.0. The van der Waals surface area contributed by atoms with Gasteiger partial charge in [-0.2, -0.15) is 0 Å². The van der Waals surface area contributed by atoms with E-state index < -0.39 is 0 Å². The Labute approximate surface area is 77.4 Å². The standard InChI is InChI=1S/C10H14N2O/c11-8-5-7(3-4-9(8)13)10(12)6-1-2-6/h3-6,10,13H,1-2,11-12H2/t10-/m1/s1. The van der Waals surface area contributed by atoms with E-state index in [4.69, 9.17) is 11.5 Å². The van der Waals surface area contributed by atoms with Crippen LogP contribution in [0.5, 0.6) is 5.75 Å². The van der Waals surface area contributed by atoms with Gasteiger partial charge in [-0.15, -0.1) is 0 Å². The van der Waals surface area contributed by atoms with Crippen LogP contribution in [0.4, 0.5) is 5.69 Å². The summed E-state index contributed by atoms with van der Waals surface area (Å²) >= 11 is 0. The molecule has 2 rings (SSSR count). The molecule has 1 fully saturated rings. The van der Waals surface area contributed by atoms with Gasteiger partial charge in [-0.05, 0) is 36.5 Å². The smallest absolute Gasteiger partial charge is 0.138 e. The number of hydrogen-bond donors (Lipinski definition) is 3. The molecule has 1 saturated carbocycles. The highest BCUT2D eigenvalue weighted by atomic mass is 16.3. The number of hydrogen-bond acceptors (Lipinski definition) is 3. The molecule has 1 aromatic rings. The second-order valence-electron chi connectivity index (χ2n) is 3.68. The van der Waals surface area contributed by atoms with Gasteiger partial charge in [0.25, 0.3) is 0 Å². The Hall–Kier alpha value is -1.22. The molecule has 0 saturated heterocycles. The van der Waals surface area contributed by atoms with Gasteiger partial charge in [-0.25, -0.2) is 0 Å². The summed E-state index contributed by atoms with van der Waals surface area (Å²) < 4.78 is 0. The molecule has 1 atom stereocenters. The van der Waals surface area contributed by atoms with Crippen LogP contribution in [-0.4, -0.2) is 5.11 Å². The molecule has 0 bridgehead atoms. The van der Waals surface area contributed by atoms with Gasteiger partial charge in [0.05, 0.1) is 5.69 Å². The van der Waals surface area contributed by atoms with Gasteiger partial charge >= 0.3 is 0 Å². The second-order valence-corrected chi connectivity index (χ2v) is 3.68. The number of aromatic hydroxyl groups is 1. The summed E-state index contributed by atoms with van der Waals surface area (Å²) in [5.41, 5.74) is 13.0. The van der Waals surface area contributed by atoms with Crippen molar-refractivity contribution in [2.45, 2.75) is 18.9 Å². The summed E-state index contributed by atoms with van der Waals surface area (Å²) in [4.78, 5) is 0. The lowest BCUT2D eigenvalue weighted by molar-refractivity contribution is 0.477. The van der Waals surface area contributed by atoms with Crippen molar-refractivity contribution in [3.63, 3.8) is 0 Å². The molecule has 1 aliphatic rings. The van der Waals surface area contributed by atoms with E-state index >= 15 is 0 Å². The molecule has 0 aromatic heterocycles. The summed E-state index contributed by atoms with van der Waals surface area (Å²) in [7, 11) is 0. The van der Waals surface area contributed by atoms with Gasteiger partial charge in [0.2, 0.25) is 0 Å². The van der Waals surface area contributed by atoms with Gasteiger partial charge in [0, 0.05) is 6.04 Å². The van der Waals surface area contributed by atoms with E-state index in [0.29, 0.717) is 11.6 Å². The second kappa shape index (κ2) is 2.92. The summed E-state index contributed by atoms with van der Waals surface area (Å²) in [5, 5.41) is 9.21. The first-order chi connectivity index (χ1) is 6.18. The van der Waals surface area contributed by atoms with Crippen LogP contribution in [0, 0.1) is 5.92 Å². The quantitative estimate of drug-likeness (QED) is 0.473. The maximum Gasteiger partial charge on any atom is 0.138 e. The van der Waals surface area contributed by atoms with Gasteiger partial charge in [-0.1, -0.05) is 6.07 Å². The van der Waals surface area contributed by atoms with Gasteiger partial charge in [0.15, 0.2) is 0 Å². The molecule has 0 radical (unpaired) electrons. The average molecular weight is 178 g/mol. The maximum atomic E-state index is 9.21. The Balaban J connectivity index is 2.24. The average Bonchev–Trinajstić information content (AvgIpc) is 2.91. The van der Waals surface area contributed by atoms with Crippen molar-refractivity contribution >= 4 is 5.69 Å². The molecule has 5 N–H and O–H groups in total. The first-order valence-corrected chi connectivity index (χ1v) is 4.52. The van der Waals surface area contributed by atoms with Crippen molar-refractivity contribution in [1.82, 2.24) is 0 Å². The number of anilines is 1. The monoisotopic (exact) mass is 178 g/mol. The third-order valence-electron chi connectivity index (χ3n) is 2.57. The summed E-state index contributed by atoms with van der Waals surface area (Å²) in [5.74, 6) is 0.746. The summed E-state index contributed by atoms with van der Waals surface area (Å²) in [6, 6.07) is 5.29. The zero-order valence-electron chi connectivity index (χ0n) is 7.40. The highest BCUT2D eigenvalue weighted by Gasteiger charge is 2.29. The van der Waals surface area contributed by atoms with E-state index in [1.165, 1.54) is 12.8 Å². The largest absolute Gasteiger partial charge is 0.506 e. The Bertz CT molecular complexity index is 321. The molecule has 0 spiro atoms. The van der Waals surface area contributed by atoms with Crippen molar-refractivity contribution in [2.24, 2.45) is 11.7 Å². The van der Waals surface area contributed by atoms with E-state index in [1.54, 1.807) is 12.1 Å². The number of phenols is 1. The van der Waals surface area contributed by atoms with E-state index in [2.05, 4.69) is 0 Å². The Kier molecular flexibility index (Phi) is 1.88. The summed E-state index contributed by atoms with van der Waals surface area (Å²) in [6.45, 7) is 0. The van der Waals surface area contributed by atoms with Gasteiger partial charge < -0.3 is 16.6 Å².